The van der Waals surface area contributed by atoms with Crippen LogP contribution in [0, 0.1) is 5.92 Å². The summed E-state index contributed by atoms with van der Waals surface area (Å²) < 4.78 is 0. The number of rotatable bonds is 5. The average molecular weight is 171 g/mol. The van der Waals surface area contributed by atoms with E-state index in [9.17, 15) is 10.2 Å². The van der Waals surface area contributed by atoms with Gasteiger partial charge in [-0.15, -0.1) is 6.58 Å². The second kappa shape index (κ2) is 4.40. The van der Waals surface area contributed by atoms with Crippen LogP contribution in [0.1, 0.15) is 13.8 Å². The summed E-state index contributed by atoms with van der Waals surface area (Å²) in [6.45, 7) is 10.3. The molecule has 0 bridgehead atoms. The molecule has 0 saturated heterocycles. The lowest BCUT2D eigenvalue weighted by Crippen LogP contribution is -2.48. The van der Waals surface area contributed by atoms with Gasteiger partial charge >= 0.3 is 0 Å². The van der Waals surface area contributed by atoms with Crippen LogP contribution in [0.25, 0.3) is 0 Å². The second-order valence-electron chi connectivity index (χ2n) is 3.04. The molecular weight excluding hydrogens is 154 g/mol. The van der Waals surface area contributed by atoms with Gasteiger partial charge in [0.1, 0.15) is 12.0 Å². The van der Waals surface area contributed by atoms with E-state index in [1.807, 2.05) is 0 Å². The minimum absolute atomic E-state index is 0.114. The van der Waals surface area contributed by atoms with Crippen LogP contribution in [0.5, 0.6) is 0 Å². The van der Waals surface area contributed by atoms with Crippen molar-refractivity contribution in [3.05, 3.63) is 25.3 Å². The molecule has 3 heteroatoms. The first-order valence-corrected chi connectivity index (χ1v) is 3.87. The molecule has 0 aliphatic heterocycles. The summed E-state index contributed by atoms with van der Waals surface area (Å²) >= 11 is 0. The van der Waals surface area contributed by atoms with Gasteiger partial charge in [0, 0.05) is 5.92 Å². The summed E-state index contributed by atoms with van der Waals surface area (Å²) in [5.74, 6) is -0.114. The van der Waals surface area contributed by atoms with Gasteiger partial charge in [-0.25, -0.2) is 0 Å². The lowest BCUT2D eigenvalue weighted by molar-refractivity contribution is -0.0120. The minimum atomic E-state index is -1.24. The van der Waals surface area contributed by atoms with Gasteiger partial charge in [0.25, 0.3) is 0 Å². The van der Waals surface area contributed by atoms with Gasteiger partial charge in [-0.05, 0) is 13.0 Å². The average Bonchev–Trinajstić information content (AvgIpc) is 2.02. The Bertz CT molecular complexity index is 166. The van der Waals surface area contributed by atoms with E-state index in [4.69, 9.17) is 0 Å². The maximum Gasteiger partial charge on any atom is 0.134 e. The fourth-order valence-electron chi connectivity index (χ4n) is 0.619. The molecule has 0 fully saturated rings. The minimum Gasteiger partial charge on any atom is -0.378 e. The molecule has 70 valence electrons. The highest BCUT2D eigenvalue weighted by Gasteiger charge is 2.21. The van der Waals surface area contributed by atoms with E-state index >= 15 is 0 Å². The maximum absolute atomic E-state index is 9.41. The van der Waals surface area contributed by atoms with Crippen molar-refractivity contribution in [3.63, 3.8) is 0 Å². The van der Waals surface area contributed by atoms with Crippen LogP contribution < -0.4 is 5.32 Å². The van der Waals surface area contributed by atoms with Crippen LogP contribution in [0.15, 0.2) is 25.3 Å². The third-order valence-corrected chi connectivity index (χ3v) is 1.71. The van der Waals surface area contributed by atoms with E-state index in [1.165, 1.54) is 13.0 Å². The molecule has 0 amide bonds. The highest BCUT2D eigenvalue weighted by molar-refractivity contribution is 4.92. The van der Waals surface area contributed by atoms with Crippen molar-refractivity contribution in [1.29, 1.82) is 0 Å². The van der Waals surface area contributed by atoms with E-state index in [-0.39, 0.29) is 5.92 Å². The molecule has 0 saturated carbocycles. The first-order valence-electron chi connectivity index (χ1n) is 3.87. The second-order valence-corrected chi connectivity index (χ2v) is 3.04. The SMILES string of the molecule is C=CC(C)C(O)N[C@@](C)(O)C=C. The van der Waals surface area contributed by atoms with E-state index in [0.29, 0.717) is 0 Å². The molecule has 0 spiro atoms. The zero-order chi connectivity index (χ0) is 9.78. The molecule has 3 atom stereocenters. The molecule has 0 aromatic heterocycles. The molecule has 0 aliphatic rings. The Balaban J connectivity index is 4.07. The first-order chi connectivity index (χ1) is 5.43. The van der Waals surface area contributed by atoms with Gasteiger partial charge in [0.2, 0.25) is 0 Å². The highest BCUT2D eigenvalue weighted by Crippen LogP contribution is 2.06. The van der Waals surface area contributed by atoms with Crippen molar-refractivity contribution in [3.8, 4) is 0 Å². The largest absolute Gasteiger partial charge is 0.378 e. The molecule has 3 N–H and O–H groups in total. The van der Waals surface area contributed by atoms with Crippen molar-refractivity contribution < 1.29 is 10.2 Å². The molecule has 0 aromatic rings. The molecule has 12 heavy (non-hydrogen) atoms. The zero-order valence-electron chi connectivity index (χ0n) is 7.62. The molecular formula is C9H17NO2. The van der Waals surface area contributed by atoms with Crippen LogP contribution in [0.3, 0.4) is 0 Å². The topological polar surface area (TPSA) is 52.5 Å². The summed E-state index contributed by atoms with van der Waals surface area (Å²) in [4.78, 5) is 0. The number of aliphatic hydroxyl groups excluding tert-OH is 1. The Morgan fingerprint density at radius 1 is 1.50 bits per heavy atom. The zero-order valence-corrected chi connectivity index (χ0v) is 7.62. The van der Waals surface area contributed by atoms with Gasteiger partial charge in [-0.2, -0.15) is 0 Å². The predicted molar refractivity (Wildman–Crippen MR) is 49.3 cm³/mol. The highest BCUT2D eigenvalue weighted by atomic mass is 16.3. The smallest absolute Gasteiger partial charge is 0.134 e. The van der Waals surface area contributed by atoms with Gasteiger partial charge in [0.05, 0.1) is 0 Å². The lowest BCUT2D eigenvalue weighted by Gasteiger charge is -2.26. The Hall–Kier alpha value is -0.640. The van der Waals surface area contributed by atoms with Crippen molar-refractivity contribution in [2.24, 2.45) is 5.92 Å². The standard InChI is InChI=1S/C9H17NO2/c1-5-7(3)8(11)10-9(4,12)6-2/h5-8,10-12H,1-2H2,3-4H3/t7?,8?,9-/m0/s1. The van der Waals surface area contributed by atoms with Gasteiger partial charge in [0.15, 0.2) is 0 Å². The molecule has 0 aliphatic carbocycles. The number of hydrogen-bond donors (Lipinski definition) is 3. The van der Waals surface area contributed by atoms with E-state index in [1.54, 1.807) is 13.0 Å². The van der Waals surface area contributed by atoms with Gasteiger partial charge in [-0.1, -0.05) is 19.6 Å². The third kappa shape index (κ3) is 3.67. The third-order valence-electron chi connectivity index (χ3n) is 1.71. The number of aliphatic hydroxyl groups is 2. The molecule has 3 nitrogen and oxygen atoms in total. The Morgan fingerprint density at radius 2 is 2.00 bits per heavy atom. The summed E-state index contributed by atoms with van der Waals surface area (Å²) in [6.07, 6.45) is 2.12. The van der Waals surface area contributed by atoms with E-state index in [0.717, 1.165) is 0 Å². The van der Waals surface area contributed by atoms with Crippen molar-refractivity contribution >= 4 is 0 Å². The van der Waals surface area contributed by atoms with Crippen LogP contribution in [-0.4, -0.2) is 22.2 Å². The monoisotopic (exact) mass is 171 g/mol. The molecule has 0 rings (SSSR count). The fourth-order valence-corrected chi connectivity index (χ4v) is 0.619. The van der Waals surface area contributed by atoms with E-state index in [2.05, 4.69) is 18.5 Å². The van der Waals surface area contributed by atoms with Crippen molar-refractivity contribution in [2.75, 3.05) is 0 Å². The Morgan fingerprint density at radius 3 is 2.33 bits per heavy atom. The first kappa shape index (κ1) is 11.4. The number of hydrogen-bond acceptors (Lipinski definition) is 3. The van der Waals surface area contributed by atoms with E-state index < -0.39 is 12.0 Å². The quantitative estimate of drug-likeness (QED) is 0.419. The molecule has 0 radical (unpaired) electrons. The van der Waals surface area contributed by atoms with Crippen LogP contribution >= 0.6 is 0 Å². The molecule has 0 heterocycles. The summed E-state index contributed by atoms with van der Waals surface area (Å²) in [7, 11) is 0. The lowest BCUT2D eigenvalue weighted by atomic mass is 10.1. The van der Waals surface area contributed by atoms with Gasteiger partial charge in [-0.3, -0.25) is 5.32 Å². The summed E-state index contributed by atoms with van der Waals surface area (Å²) in [6, 6.07) is 0. The van der Waals surface area contributed by atoms with Crippen LogP contribution in [-0.2, 0) is 0 Å². The predicted octanol–water partition coefficient (Wildman–Crippen LogP) is 0.611. The Kier molecular flexibility index (Phi) is 4.17. The number of nitrogens with one attached hydrogen (secondary N) is 1. The summed E-state index contributed by atoms with van der Waals surface area (Å²) in [5, 5.41) is 21.4. The van der Waals surface area contributed by atoms with Crippen LogP contribution in [0.2, 0.25) is 0 Å². The van der Waals surface area contributed by atoms with Gasteiger partial charge < -0.3 is 10.2 Å². The van der Waals surface area contributed by atoms with Crippen LogP contribution in [0.4, 0.5) is 0 Å². The Labute approximate surface area is 73.4 Å². The molecule has 2 unspecified atom stereocenters. The fraction of sp³-hybridized carbons (Fsp3) is 0.556. The van der Waals surface area contributed by atoms with Crippen molar-refractivity contribution in [2.45, 2.75) is 25.8 Å². The normalized spacial score (nSPS) is 20.7. The van der Waals surface area contributed by atoms with Crippen molar-refractivity contribution in [1.82, 2.24) is 5.32 Å². The maximum atomic E-state index is 9.41. The molecule has 0 aromatic carbocycles. The summed E-state index contributed by atoms with van der Waals surface area (Å²) in [5.41, 5.74) is -1.24.